The number of rotatable bonds is 28. The minimum absolute atomic E-state index is 0.0368. The van der Waals surface area contributed by atoms with Crippen molar-refractivity contribution in [2.24, 2.45) is 29.2 Å². The maximum atomic E-state index is 13.7. The molecule has 0 spiro atoms. The van der Waals surface area contributed by atoms with Crippen LogP contribution in [0.25, 0.3) is 0 Å². The number of aliphatic hydroxyl groups excluding tert-OH is 2. The summed E-state index contributed by atoms with van der Waals surface area (Å²) in [6.45, 7) is 11.2. The molecule has 0 fully saturated rings. The third-order valence-electron chi connectivity index (χ3n) is 8.92. The molecule has 20 nitrogen and oxygen atoms in total. The summed E-state index contributed by atoms with van der Waals surface area (Å²) < 4.78 is 0. The van der Waals surface area contributed by atoms with E-state index in [1.807, 2.05) is 0 Å². The summed E-state index contributed by atoms with van der Waals surface area (Å²) in [5.41, 5.74) is 11.3. The third-order valence-corrected chi connectivity index (χ3v) is 8.92. The van der Waals surface area contributed by atoms with E-state index in [-0.39, 0.29) is 31.1 Å². The van der Waals surface area contributed by atoms with E-state index in [2.05, 4.69) is 31.9 Å². The van der Waals surface area contributed by atoms with Crippen molar-refractivity contribution in [3.63, 3.8) is 0 Å². The van der Waals surface area contributed by atoms with Crippen LogP contribution < -0.4 is 43.4 Å². The standard InChI is InChI=1S/C36H66N8O12/c1-8-20(6)28(36(55)56)43-33(52)25(16-19(4)5)41-32(51)24(15-18(2)3)40-31(50)23(12-13-27(47)48)39-35(54)29(21(7)46)44-34(53)26(17-45)42-30(49)22(38)11-9-10-14-37/h18-26,28-29,45-46H,8-17,37-38H2,1-7H3,(H,39,54)(H,40,50)(H,41,51)(H,42,49)(H,43,52)(H,44,53)(H,47,48)(H,55,56)/t20-,21+,22-,23-,24-,25-,26-,28-,29-/m0/s1. The van der Waals surface area contributed by atoms with Crippen LogP contribution in [0.2, 0.25) is 0 Å². The molecule has 6 amide bonds. The van der Waals surface area contributed by atoms with Crippen LogP contribution in [0.15, 0.2) is 0 Å². The second kappa shape index (κ2) is 26.5. The number of nitrogens with two attached hydrogens (primary N) is 2. The van der Waals surface area contributed by atoms with Crippen molar-refractivity contribution in [2.45, 2.75) is 148 Å². The number of aliphatic hydroxyl groups is 2. The fourth-order valence-corrected chi connectivity index (χ4v) is 5.46. The molecule has 0 aliphatic carbocycles. The number of hydrogen-bond donors (Lipinski definition) is 12. The second-order valence-corrected chi connectivity index (χ2v) is 14.9. The number of amides is 6. The molecule has 322 valence electrons. The first-order valence-electron chi connectivity index (χ1n) is 19.1. The van der Waals surface area contributed by atoms with E-state index in [1.165, 1.54) is 0 Å². The van der Waals surface area contributed by atoms with Gasteiger partial charge in [0, 0.05) is 6.42 Å². The van der Waals surface area contributed by atoms with Crippen LogP contribution in [-0.4, -0.2) is 129 Å². The molecule has 0 bridgehead atoms. The van der Waals surface area contributed by atoms with Gasteiger partial charge in [0.05, 0.1) is 18.8 Å². The number of aliphatic carboxylic acids is 2. The fraction of sp³-hybridized carbons (Fsp3) is 0.778. The summed E-state index contributed by atoms with van der Waals surface area (Å²) in [4.78, 5) is 103. The van der Waals surface area contributed by atoms with Crippen molar-refractivity contribution in [1.82, 2.24) is 31.9 Å². The Kier molecular flexibility index (Phi) is 24.4. The van der Waals surface area contributed by atoms with E-state index in [0.717, 1.165) is 6.92 Å². The first kappa shape index (κ1) is 51.6. The number of carbonyl (C=O) groups excluding carboxylic acids is 6. The monoisotopic (exact) mass is 802 g/mol. The average molecular weight is 803 g/mol. The first-order valence-corrected chi connectivity index (χ1v) is 19.1. The van der Waals surface area contributed by atoms with Crippen molar-refractivity contribution in [2.75, 3.05) is 13.2 Å². The highest BCUT2D eigenvalue weighted by atomic mass is 16.4. The Labute approximate surface area is 328 Å². The molecule has 56 heavy (non-hydrogen) atoms. The Morgan fingerprint density at radius 1 is 0.589 bits per heavy atom. The Morgan fingerprint density at radius 2 is 1.04 bits per heavy atom. The van der Waals surface area contributed by atoms with Crippen LogP contribution >= 0.6 is 0 Å². The molecular weight excluding hydrogens is 736 g/mol. The molecule has 0 radical (unpaired) electrons. The van der Waals surface area contributed by atoms with Gasteiger partial charge in [0.2, 0.25) is 35.4 Å². The van der Waals surface area contributed by atoms with Crippen LogP contribution in [0, 0.1) is 17.8 Å². The zero-order chi connectivity index (χ0) is 43.3. The minimum atomic E-state index is -1.76. The number of carboxylic acid groups (broad SMARTS) is 2. The highest BCUT2D eigenvalue weighted by molar-refractivity contribution is 5.97. The minimum Gasteiger partial charge on any atom is -0.481 e. The first-order chi connectivity index (χ1) is 26.1. The van der Waals surface area contributed by atoms with Gasteiger partial charge in [-0.1, -0.05) is 54.4 Å². The molecule has 0 aliphatic heterocycles. The highest BCUT2D eigenvalue weighted by Crippen LogP contribution is 2.13. The van der Waals surface area contributed by atoms with Crippen LogP contribution in [0.4, 0.5) is 0 Å². The van der Waals surface area contributed by atoms with Gasteiger partial charge in [-0.3, -0.25) is 33.6 Å². The molecule has 14 N–H and O–H groups in total. The van der Waals surface area contributed by atoms with E-state index >= 15 is 0 Å². The van der Waals surface area contributed by atoms with Gasteiger partial charge in [0.15, 0.2) is 0 Å². The molecule has 0 rings (SSSR count). The molecule has 0 aliphatic rings. The molecule has 0 aromatic heterocycles. The number of carboxylic acids is 2. The van der Waals surface area contributed by atoms with E-state index in [1.54, 1.807) is 41.5 Å². The topological polar surface area (TPSA) is 342 Å². The van der Waals surface area contributed by atoms with Crippen molar-refractivity contribution in [1.29, 1.82) is 0 Å². The Morgan fingerprint density at radius 3 is 1.46 bits per heavy atom. The number of unbranched alkanes of at least 4 members (excludes halogenated alkanes) is 1. The van der Waals surface area contributed by atoms with Crippen molar-refractivity contribution >= 4 is 47.4 Å². The normalized spacial score (nSPS) is 16.2. The van der Waals surface area contributed by atoms with Gasteiger partial charge in [-0.2, -0.15) is 0 Å². The Bertz CT molecular complexity index is 1310. The van der Waals surface area contributed by atoms with E-state index in [0.29, 0.717) is 25.8 Å². The lowest BCUT2D eigenvalue weighted by molar-refractivity contribution is -0.144. The summed E-state index contributed by atoms with van der Waals surface area (Å²) in [5, 5.41) is 53.7. The molecule has 20 heteroatoms. The third kappa shape index (κ3) is 19.5. The van der Waals surface area contributed by atoms with E-state index in [4.69, 9.17) is 11.5 Å². The summed E-state index contributed by atoms with van der Waals surface area (Å²) in [5.74, 6) is -8.80. The molecule has 0 heterocycles. The molecular formula is C36H66N8O12. The van der Waals surface area contributed by atoms with Gasteiger partial charge < -0.3 is 63.8 Å². The van der Waals surface area contributed by atoms with Crippen LogP contribution in [0.3, 0.4) is 0 Å². The molecule has 0 saturated carbocycles. The second-order valence-electron chi connectivity index (χ2n) is 14.9. The fourth-order valence-electron chi connectivity index (χ4n) is 5.46. The van der Waals surface area contributed by atoms with Gasteiger partial charge in [-0.05, 0) is 63.3 Å². The molecule has 9 atom stereocenters. The van der Waals surface area contributed by atoms with Gasteiger partial charge >= 0.3 is 11.9 Å². The van der Waals surface area contributed by atoms with Crippen LogP contribution in [-0.2, 0) is 38.4 Å². The quantitative estimate of drug-likeness (QED) is 0.0374. The van der Waals surface area contributed by atoms with Crippen LogP contribution in [0.1, 0.15) is 99.8 Å². The summed E-state index contributed by atoms with van der Waals surface area (Å²) in [7, 11) is 0. The van der Waals surface area contributed by atoms with E-state index < -0.39 is 121 Å². The van der Waals surface area contributed by atoms with Crippen molar-refractivity contribution in [3.05, 3.63) is 0 Å². The molecule has 0 unspecified atom stereocenters. The van der Waals surface area contributed by atoms with E-state index in [9.17, 15) is 58.8 Å². The smallest absolute Gasteiger partial charge is 0.326 e. The predicted octanol–water partition coefficient (Wildman–Crippen LogP) is -2.19. The SMILES string of the molecule is CC[C@H](C)[C@H](NC(=O)[C@H](CC(C)C)NC(=O)[C@H](CC(C)C)NC(=O)[C@H](CCC(=O)O)NC(=O)[C@@H](NC(=O)[C@H](CO)NC(=O)[C@@H](N)CCCCN)[C@@H](C)O)C(=O)O. The number of nitrogens with one attached hydrogen (secondary N) is 6. The summed E-state index contributed by atoms with van der Waals surface area (Å²) >= 11 is 0. The van der Waals surface area contributed by atoms with Gasteiger partial charge in [0.25, 0.3) is 0 Å². The number of carbonyl (C=O) groups is 8. The van der Waals surface area contributed by atoms with Gasteiger partial charge in [-0.25, -0.2) is 4.79 Å². The molecule has 0 aromatic rings. The Balaban J connectivity index is 6.22. The zero-order valence-electron chi connectivity index (χ0n) is 33.6. The average Bonchev–Trinajstić information content (AvgIpc) is 3.11. The lowest BCUT2D eigenvalue weighted by Gasteiger charge is -2.29. The molecule has 0 aromatic carbocycles. The predicted molar refractivity (Wildman–Crippen MR) is 204 cm³/mol. The highest BCUT2D eigenvalue weighted by Gasteiger charge is 2.36. The summed E-state index contributed by atoms with van der Waals surface area (Å²) in [6, 6.07) is -9.68. The lowest BCUT2D eigenvalue weighted by atomic mass is 9.97. The molecule has 0 saturated heterocycles. The van der Waals surface area contributed by atoms with Gasteiger partial charge in [0.1, 0.15) is 36.3 Å². The zero-order valence-corrected chi connectivity index (χ0v) is 33.6. The Hall–Kier alpha value is -4.40. The maximum Gasteiger partial charge on any atom is 0.326 e. The number of hydrogen-bond acceptors (Lipinski definition) is 12. The maximum absolute atomic E-state index is 13.7. The van der Waals surface area contributed by atoms with Gasteiger partial charge in [-0.15, -0.1) is 0 Å². The van der Waals surface area contributed by atoms with Crippen molar-refractivity contribution < 1.29 is 58.8 Å². The largest absolute Gasteiger partial charge is 0.481 e. The van der Waals surface area contributed by atoms with Crippen LogP contribution in [0.5, 0.6) is 0 Å². The lowest BCUT2D eigenvalue weighted by Crippen LogP contribution is -2.62. The van der Waals surface area contributed by atoms with Crippen molar-refractivity contribution in [3.8, 4) is 0 Å². The summed E-state index contributed by atoms with van der Waals surface area (Å²) in [6.07, 6.45) is -0.682.